The third kappa shape index (κ3) is 5.37. The van der Waals surface area contributed by atoms with Gasteiger partial charge in [-0.05, 0) is 53.6 Å². The maximum Gasteiger partial charge on any atom is 0.160 e. The summed E-state index contributed by atoms with van der Waals surface area (Å²) >= 11 is 0. The minimum Gasteiger partial charge on any atom is -0.455 e. The molecule has 0 spiro atoms. The Labute approximate surface area is 322 Å². The Bertz CT molecular complexity index is 3160. The molecule has 0 atom stereocenters. The number of rotatable bonds is 6. The van der Waals surface area contributed by atoms with Crippen molar-refractivity contribution in [1.29, 1.82) is 0 Å². The molecule has 11 rings (SSSR count). The van der Waals surface area contributed by atoms with E-state index < -0.39 is 0 Å². The van der Waals surface area contributed by atoms with Crippen LogP contribution < -0.4 is 0 Å². The van der Waals surface area contributed by atoms with Crippen LogP contribution in [0.5, 0.6) is 0 Å². The standard InChI is InChI=1S/C51H32N4O/c1-3-12-34(13-4-1)44-31-45(35-14-5-2-6-15-35)54-51(53-44)36-24-22-33(23-25-36)37-26-28-47-43(30-37)40-16-7-9-20-46(40)55(47)49-29-27-38(32-52-49)39-18-11-19-42-41-17-8-10-21-48(41)56-50(39)42/h1-32H. The highest BCUT2D eigenvalue weighted by molar-refractivity contribution is 6.11. The lowest BCUT2D eigenvalue weighted by Crippen LogP contribution is -1.97. The fourth-order valence-corrected chi connectivity index (χ4v) is 7.95. The number of nitrogens with zero attached hydrogens (tertiary/aromatic N) is 4. The van der Waals surface area contributed by atoms with E-state index in [4.69, 9.17) is 19.4 Å². The second-order valence-corrected chi connectivity index (χ2v) is 14.0. The van der Waals surface area contributed by atoms with Crippen molar-refractivity contribution >= 4 is 43.7 Å². The van der Waals surface area contributed by atoms with Gasteiger partial charge >= 0.3 is 0 Å². The van der Waals surface area contributed by atoms with Gasteiger partial charge in [-0.1, -0.05) is 146 Å². The average molecular weight is 717 g/mol. The van der Waals surface area contributed by atoms with Crippen molar-refractivity contribution < 1.29 is 4.42 Å². The Hall–Kier alpha value is -7.63. The summed E-state index contributed by atoms with van der Waals surface area (Å²) in [6.07, 6.45) is 1.95. The molecule has 11 aromatic rings. The first-order valence-electron chi connectivity index (χ1n) is 18.8. The predicted molar refractivity (Wildman–Crippen MR) is 229 cm³/mol. The van der Waals surface area contributed by atoms with Gasteiger partial charge in [-0.15, -0.1) is 0 Å². The van der Waals surface area contributed by atoms with Crippen molar-refractivity contribution in [1.82, 2.24) is 19.5 Å². The van der Waals surface area contributed by atoms with Crippen LogP contribution in [0, 0.1) is 0 Å². The third-order valence-electron chi connectivity index (χ3n) is 10.7. The maximum absolute atomic E-state index is 6.34. The van der Waals surface area contributed by atoms with E-state index in [1.807, 2.05) is 54.7 Å². The molecular weight excluding hydrogens is 685 g/mol. The van der Waals surface area contributed by atoms with Crippen LogP contribution in [-0.2, 0) is 0 Å². The minimum absolute atomic E-state index is 0.697. The lowest BCUT2D eigenvalue weighted by molar-refractivity contribution is 0.670. The molecule has 5 heteroatoms. The Morgan fingerprint density at radius 3 is 1.73 bits per heavy atom. The van der Waals surface area contributed by atoms with Crippen molar-refractivity contribution in [2.45, 2.75) is 0 Å². The van der Waals surface area contributed by atoms with Gasteiger partial charge in [-0.3, -0.25) is 4.57 Å². The summed E-state index contributed by atoms with van der Waals surface area (Å²) in [5.41, 5.74) is 13.2. The zero-order chi connectivity index (χ0) is 37.0. The van der Waals surface area contributed by atoms with Gasteiger partial charge in [-0.2, -0.15) is 0 Å². The first kappa shape index (κ1) is 31.9. The summed E-state index contributed by atoms with van der Waals surface area (Å²) in [6.45, 7) is 0. The first-order chi connectivity index (χ1) is 27.7. The van der Waals surface area contributed by atoms with Gasteiger partial charge in [-0.25, -0.2) is 15.0 Å². The van der Waals surface area contributed by atoms with E-state index in [0.717, 1.165) is 89.1 Å². The number of pyridine rings is 1. The smallest absolute Gasteiger partial charge is 0.160 e. The first-order valence-corrected chi connectivity index (χ1v) is 18.8. The molecule has 0 unspecified atom stereocenters. The average Bonchev–Trinajstić information content (AvgIpc) is 3.83. The van der Waals surface area contributed by atoms with Gasteiger partial charge in [0.2, 0.25) is 0 Å². The molecule has 0 saturated heterocycles. The van der Waals surface area contributed by atoms with E-state index in [2.05, 4.69) is 144 Å². The van der Waals surface area contributed by atoms with Gasteiger partial charge in [0.15, 0.2) is 5.82 Å². The maximum atomic E-state index is 6.34. The van der Waals surface area contributed by atoms with E-state index in [-0.39, 0.29) is 0 Å². The Balaban J connectivity index is 0.955. The highest BCUT2D eigenvalue weighted by atomic mass is 16.3. The number of fused-ring (bicyclic) bond motifs is 6. The van der Waals surface area contributed by atoms with E-state index in [1.54, 1.807) is 0 Å². The Morgan fingerprint density at radius 1 is 0.393 bits per heavy atom. The van der Waals surface area contributed by atoms with Crippen molar-refractivity contribution in [3.05, 3.63) is 194 Å². The van der Waals surface area contributed by atoms with Crippen molar-refractivity contribution in [3.63, 3.8) is 0 Å². The molecule has 7 aromatic carbocycles. The van der Waals surface area contributed by atoms with Crippen LogP contribution in [0.15, 0.2) is 199 Å². The van der Waals surface area contributed by atoms with Gasteiger partial charge in [0.25, 0.3) is 0 Å². The van der Waals surface area contributed by atoms with Crippen LogP contribution in [-0.4, -0.2) is 19.5 Å². The molecule has 0 aliphatic rings. The summed E-state index contributed by atoms with van der Waals surface area (Å²) in [4.78, 5) is 15.1. The van der Waals surface area contributed by atoms with Crippen LogP contribution >= 0.6 is 0 Å². The van der Waals surface area contributed by atoms with E-state index in [9.17, 15) is 0 Å². The molecule has 4 aromatic heterocycles. The molecule has 0 aliphatic heterocycles. The van der Waals surface area contributed by atoms with Crippen molar-refractivity contribution in [3.8, 4) is 62.0 Å². The highest BCUT2D eigenvalue weighted by Crippen LogP contribution is 2.38. The molecular formula is C51H32N4O. The SMILES string of the molecule is c1ccc(-c2cc(-c3ccccc3)nc(-c3ccc(-c4ccc5c(c4)c4ccccc4n5-c4ccc(-c5cccc6c5oc5ccccc56)cn4)cc3)n2)cc1. The molecule has 5 nitrogen and oxygen atoms in total. The van der Waals surface area contributed by atoms with Gasteiger partial charge in [0, 0.05) is 55.6 Å². The summed E-state index contributed by atoms with van der Waals surface area (Å²) in [5.74, 6) is 1.56. The second kappa shape index (κ2) is 13.0. The lowest BCUT2D eigenvalue weighted by Gasteiger charge is -2.10. The molecule has 0 aliphatic carbocycles. The largest absolute Gasteiger partial charge is 0.455 e. The molecule has 0 saturated carbocycles. The van der Waals surface area contributed by atoms with Gasteiger partial charge in [0.1, 0.15) is 17.0 Å². The van der Waals surface area contributed by atoms with E-state index in [1.165, 1.54) is 10.8 Å². The Kier molecular flexibility index (Phi) is 7.42. The quantitative estimate of drug-likeness (QED) is 0.172. The summed E-state index contributed by atoms with van der Waals surface area (Å²) in [6, 6.07) is 65.2. The van der Waals surface area contributed by atoms with Gasteiger partial charge in [0.05, 0.1) is 22.4 Å². The topological polar surface area (TPSA) is 56.7 Å². The van der Waals surface area contributed by atoms with Crippen LogP contribution in [0.3, 0.4) is 0 Å². The third-order valence-corrected chi connectivity index (χ3v) is 10.7. The fraction of sp³-hybridized carbons (Fsp3) is 0. The van der Waals surface area contributed by atoms with Crippen molar-refractivity contribution in [2.75, 3.05) is 0 Å². The molecule has 0 fully saturated rings. The van der Waals surface area contributed by atoms with Gasteiger partial charge < -0.3 is 4.42 Å². The number of hydrogen-bond donors (Lipinski definition) is 0. The second-order valence-electron chi connectivity index (χ2n) is 14.0. The molecule has 56 heavy (non-hydrogen) atoms. The van der Waals surface area contributed by atoms with Crippen LogP contribution in [0.4, 0.5) is 0 Å². The molecule has 0 bridgehead atoms. The summed E-state index contributed by atoms with van der Waals surface area (Å²) in [5, 5.41) is 4.58. The fourth-order valence-electron chi connectivity index (χ4n) is 7.95. The molecule has 0 N–H and O–H groups in total. The number of benzene rings is 7. The summed E-state index contributed by atoms with van der Waals surface area (Å²) < 4.78 is 8.59. The number of aromatic nitrogens is 4. The monoisotopic (exact) mass is 716 g/mol. The molecule has 262 valence electrons. The van der Waals surface area contributed by atoms with E-state index in [0.29, 0.717) is 5.82 Å². The molecule has 0 radical (unpaired) electrons. The normalized spacial score (nSPS) is 11.6. The molecule has 0 amide bonds. The predicted octanol–water partition coefficient (Wildman–Crippen LogP) is 13.2. The lowest BCUT2D eigenvalue weighted by atomic mass is 10.0. The van der Waals surface area contributed by atoms with E-state index >= 15 is 0 Å². The number of para-hydroxylation sites is 3. The van der Waals surface area contributed by atoms with Crippen LogP contribution in [0.2, 0.25) is 0 Å². The Morgan fingerprint density at radius 2 is 1.00 bits per heavy atom. The van der Waals surface area contributed by atoms with Crippen LogP contribution in [0.25, 0.3) is 106 Å². The highest BCUT2D eigenvalue weighted by Gasteiger charge is 2.17. The number of furan rings is 1. The zero-order valence-corrected chi connectivity index (χ0v) is 30.2. The minimum atomic E-state index is 0.697. The number of hydrogen-bond acceptors (Lipinski definition) is 4. The molecule has 4 heterocycles. The van der Waals surface area contributed by atoms with Crippen molar-refractivity contribution in [2.24, 2.45) is 0 Å². The summed E-state index contributed by atoms with van der Waals surface area (Å²) in [7, 11) is 0. The zero-order valence-electron chi connectivity index (χ0n) is 30.2. The van der Waals surface area contributed by atoms with Crippen LogP contribution in [0.1, 0.15) is 0 Å².